The van der Waals surface area contributed by atoms with Crippen molar-refractivity contribution in [3.05, 3.63) is 0 Å². The van der Waals surface area contributed by atoms with Crippen LogP contribution in [0.25, 0.3) is 0 Å². The van der Waals surface area contributed by atoms with Crippen molar-refractivity contribution in [1.29, 1.82) is 0 Å². The molecule has 2 nitrogen and oxygen atoms in total. The van der Waals surface area contributed by atoms with Crippen LogP contribution in [-0.4, -0.2) is 30.3 Å². The molecule has 0 spiro atoms. The minimum atomic E-state index is 0.216. The highest BCUT2D eigenvalue weighted by atomic mass is 16.5. The lowest BCUT2D eigenvalue weighted by atomic mass is 9.74. The molecule has 1 aliphatic rings. The van der Waals surface area contributed by atoms with Crippen molar-refractivity contribution < 1.29 is 4.74 Å². The maximum atomic E-state index is 6.19. The number of unbranched alkanes of at least 4 members (excludes halogenated alkanes) is 5. The third kappa shape index (κ3) is 5.90. The molecule has 1 heterocycles. The summed E-state index contributed by atoms with van der Waals surface area (Å²) >= 11 is 0. The van der Waals surface area contributed by atoms with Crippen LogP contribution in [0.3, 0.4) is 0 Å². The zero-order valence-corrected chi connectivity index (χ0v) is 15.7. The van der Waals surface area contributed by atoms with E-state index in [1.807, 2.05) is 0 Å². The van der Waals surface area contributed by atoms with Gasteiger partial charge in [0.1, 0.15) is 0 Å². The number of hydrogen-bond acceptors (Lipinski definition) is 2. The number of ether oxygens (including phenoxy) is 1. The van der Waals surface area contributed by atoms with Gasteiger partial charge in [-0.2, -0.15) is 0 Å². The Morgan fingerprint density at radius 1 is 0.857 bits per heavy atom. The molecular weight excluding hydrogens is 258 g/mol. The third-order valence-electron chi connectivity index (χ3n) is 4.64. The molecule has 0 radical (unpaired) electrons. The fraction of sp³-hybridized carbons (Fsp3) is 1.00. The van der Waals surface area contributed by atoms with Crippen LogP contribution in [0.4, 0.5) is 0 Å². The molecule has 0 aliphatic carbocycles. The number of hydrogen-bond donors (Lipinski definition) is 0. The van der Waals surface area contributed by atoms with Crippen LogP contribution < -0.4 is 0 Å². The average molecular weight is 298 g/mol. The van der Waals surface area contributed by atoms with Gasteiger partial charge in [0.05, 0.1) is 12.8 Å². The molecule has 2 atom stereocenters. The Labute approximate surface area is 133 Å². The number of nitrogens with zero attached hydrogens (tertiary/aromatic N) is 1. The summed E-state index contributed by atoms with van der Waals surface area (Å²) in [6.45, 7) is 18.3. The van der Waals surface area contributed by atoms with Crippen LogP contribution in [-0.2, 0) is 4.74 Å². The van der Waals surface area contributed by atoms with Crippen molar-refractivity contribution >= 4 is 0 Å². The first-order valence-electron chi connectivity index (χ1n) is 9.03. The second-order valence-electron chi connectivity index (χ2n) is 8.97. The van der Waals surface area contributed by atoms with Crippen molar-refractivity contribution in [2.45, 2.75) is 99.1 Å². The first-order valence-corrected chi connectivity index (χ1v) is 9.03. The Morgan fingerprint density at radius 2 is 1.43 bits per heavy atom. The highest BCUT2D eigenvalue weighted by molar-refractivity contribution is 4.97. The monoisotopic (exact) mass is 297 g/mol. The fourth-order valence-corrected chi connectivity index (χ4v) is 3.56. The molecule has 0 aromatic carbocycles. The Bertz CT molecular complexity index is 287. The SMILES string of the molecule is CCCCCCCCN1CO[C@@H](C(C)(C)C)[C@H]1C(C)(C)C. The molecule has 1 rings (SSSR count). The van der Waals surface area contributed by atoms with Crippen LogP contribution >= 0.6 is 0 Å². The van der Waals surface area contributed by atoms with E-state index in [0.717, 1.165) is 6.73 Å². The summed E-state index contributed by atoms with van der Waals surface area (Å²) in [5.41, 5.74) is 0.491. The third-order valence-corrected chi connectivity index (χ3v) is 4.64. The maximum absolute atomic E-state index is 6.19. The van der Waals surface area contributed by atoms with E-state index < -0.39 is 0 Å². The molecular formula is C19H39NO. The molecule has 1 fully saturated rings. The molecule has 0 amide bonds. The minimum absolute atomic E-state index is 0.216. The predicted octanol–water partition coefficient (Wildman–Crippen LogP) is 5.47. The van der Waals surface area contributed by atoms with E-state index in [-0.39, 0.29) is 10.8 Å². The van der Waals surface area contributed by atoms with Gasteiger partial charge in [0, 0.05) is 12.6 Å². The predicted molar refractivity (Wildman–Crippen MR) is 92.5 cm³/mol. The molecule has 126 valence electrons. The van der Waals surface area contributed by atoms with Crippen LogP contribution in [0.1, 0.15) is 87.0 Å². The smallest absolute Gasteiger partial charge is 0.0998 e. The zero-order valence-electron chi connectivity index (χ0n) is 15.7. The van der Waals surface area contributed by atoms with Crippen LogP contribution in [0.5, 0.6) is 0 Å². The van der Waals surface area contributed by atoms with E-state index >= 15 is 0 Å². The van der Waals surface area contributed by atoms with Crippen molar-refractivity contribution in [1.82, 2.24) is 4.90 Å². The van der Waals surface area contributed by atoms with Crippen LogP contribution in [0, 0.1) is 10.8 Å². The van der Waals surface area contributed by atoms with Gasteiger partial charge in [-0.25, -0.2) is 0 Å². The standard InChI is InChI=1S/C19H39NO/c1-8-9-10-11-12-13-14-20-15-21-17(19(5,6)7)16(20)18(2,3)4/h16-17H,8-15H2,1-7H3/t16-,17+/m0/s1. The topological polar surface area (TPSA) is 12.5 Å². The van der Waals surface area contributed by atoms with Gasteiger partial charge in [0.25, 0.3) is 0 Å². The maximum Gasteiger partial charge on any atom is 0.0998 e. The van der Waals surface area contributed by atoms with E-state index in [9.17, 15) is 0 Å². The molecule has 0 aromatic rings. The normalized spacial score (nSPS) is 24.7. The molecule has 0 N–H and O–H groups in total. The summed E-state index contributed by atoms with van der Waals surface area (Å²) in [4.78, 5) is 2.59. The summed E-state index contributed by atoms with van der Waals surface area (Å²) in [5.74, 6) is 0. The number of rotatable bonds is 7. The van der Waals surface area contributed by atoms with Crippen LogP contribution in [0.2, 0.25) is 0 Å². The van der Waals surface area contributed by atoms with Crippen molar-refractivity contribution in [3.63, 3.8) is 0 Å². The minimum Gasteiger partial charge on any atom is -0.361 e. The lowest BCUT2D eigenvalue weighted by Gasteiger charge is -2.41. The second kappa shape index (κ2) is 7.97. The summed E-state index contributed by atoms with van der Waals surface area (Å²) in [6, 6.07) is 0.535. The first kappa shape index (κ1) is 19.0. The van der Waals surface area contributed by atoms with Gasteiger partial charge in [-0.3, -0.25) is 4.90 Å². The van der Waals surface area contributed by atoms with Gasteiger partial charge in [0.15, 0.2) is 0 Å². The Hall–Kier alpha value is -0.0800. The highest BCUT2D eigenvalue weighted by Crippen LogP contribution is 2.40. The quantitative estimate of drug-likeness (QED) is 0.578. The molecule has 1 saturated heterocycles. The Balaban J connectivity index is 2.50. The van der Waals surface area contributed by atoms with E-state index in [1.165, 1.54) is 45.1 Å². The van der Waals surface area contributed by atoms with Crippen LogP contribution in [0.15, 0.2) is 0 Å². The summed E-state index contributed by atoms with van der Waals surface area (Å²) in [5, 5.41) is 0. The molecule has 1 aliphatic heterocycles. The molecule has 0 saturated carbocycles. The molecule has 0 bridgehead atoms. The second-order valence-corrected chi connectivity index (χ2v) is 8.97. The lowest BCUT2D eigenvalue weighted by Crippen LogP contribution is -2.49. The molecule has 21 heavy (non-hydrogen) atoms. The molecule has 0 aromatic heterocycles. The summed E-state index contributed by atoms with van der Waals surface area (Å²) in [7, 11) is 0. The zero-order chi connectivity index (χ0) is 16.1. The molecule has 0 unspecified atom stereocenters. The van der Waals surface area contributed by atoms with Gasteiger partial charge >= 0.3 is 0 Å². The van der Waals surface area contributed by atoms with Crippen molar-refractivity contribution in [3.8, 4) is 0 Å². The van der Waals surface area contributed by atoms with E-state index in [2.05, 4.69) is 53.4 Å². The largest absolute Gasteiger partial charge is 0.361 e. The van der Waals surface area contributed by atoms with Crippen molar-refractivity contribution in [2.75, 3.05) is 13.3 Å². The van der Waals surface area contributed by atoms with Crippen molar-refractivity contribution in [2.24, 2.45) is 10.8 Å². The Morgan fingerprint density at radius 3 is 1.95 bits per heavy atom. The van der Waals surface area contributed by atoms with Gasteiger partial charge in [-0.15, -0.1) is 0 Å². The van der Waals surface area contributed by atoms with E-state index in [0.29, 0.717) is 12.1 Å². The summed E-state index contributed by atoms with van der Waals surface area (Å²) in [6.07, 6.45) is 8.55. The average Bonchev–Trinajstić information content (AvgIpc) is 2.77. The van der Waals surface area contributed by atoms with Gasteiger partial charge in [-0.05, 0) is 17.3 Å². The first-order chi connectivity index (χ1) is 9.68. The lowest BCUT2D eigenvalue weighted by molar-refractivity contribution is 0.00401. The van der Waals surface area contributed by atoms with E-state index in [1.54, 1.807) is 0 Å². The van der Waals surface area contributed by atoms with Gasteiger partial charge in [0.2, 0.25) is 0 Å². The summed E-state index contributed by atoms with van der Waals surface area (Å²) < 4.78 is 6.19. The van der Waals surface area contributed by atoms with Gasteiger partial charge < -0.3 is 4.74 Å². The van der Waals surface area contributed by atoms with Gasteiger partial charge in [-0.1, -0.05) is 80.6 Å². The highest BCUT2D eigenvalue weighted by Gasteiger charge is 2.47. The fourth-order valence-electron chi connectivity index (χ4n) is 3.56. The molecule has 2 heteroatoms. The Kier molecular flexibility index (Phi) is 7.19. The van der Waals surface area contributed by atoms with E-state index in [4.69, 9.17) is 4.74 Å².